The maximum absolute atomic E-state index is 12.9. The zero-order valence-corrected chi connectivity index (χ0v) is 50.7. The topological polar surface area (TPSA) is 78.9 Å². The molecule has 0 aromatic rings. The molecule has 0 fully saturated rings. The second-order valence-electron chi connectivity index (χ2n) is 21.6. The summed E-state index contributed by atoms with van der Waals surface area (Å²) in [5, 5.41) is 0. The van der Waals surface area contributed by atoms with Gasteiger partial charge >= 0.3 is 17.9 Å². The summed E-state index contributed by atoms with van der Waals surface area (Å²) >= 11 is 0. The monoisotopic (exact) mass is 1070 g/mol. The zero-order chi connectivity index (χ0) is 55.7. The van der Waals surface area contributed by atoms with Crippen LogP contribution in [0, 0.1) is 0 Å². The number of hydrogen-bond acceptors (Lipinski definition) is 6. The first kappa shape index (κ1) is 73.3. The van der Waals surface area contributed by atoms with Gasteiger partial charge in [-0.05, 0) is 89.9 Å². The van der Waals surface area contributed by atoms with Gasteiger partial charge in [0.2, 0.25) is 0 Å². The molecule has 0 aliphatic rings. The summed E-state index contributed by atoms with van der Waals surface area (Å²) in [7, 11) is 0. The maximum Gasteiger partial charge on any atom is 0.306 e. The Morgan fingerprint density at radius 1 is 0.273 bits per heavy atom. The number of rotatable bonds is 59. The van der Waals surface area contributed by atoms with Crippen LogP contribution in [0.15, 0.2) is 97.2 Å². The van der Waals surface area contributed by atoms with Gasteiger partial charge in [-0.25, -0.2) is 0 Å². The van der Waals surface area contributed by atoms with Crippen molar-refractivity contribution >= 4 is 17.9 Å². The van der Waals surface area contributed by atoms with Gasteiger partial charge in [-0.1, -0.05) is 304 Å². The van der Waals surface area contributed by atoms with Crippen LogP contribution >= 0.6 is 0 Å². The second kappa shape index (κ2) is 64.9. The van der Waals surface area contributed by atoms with E-state index in [1.807, 2.05) is 6.08 Å². The van der Waals surface area contributed by atoms with Crippen molar-refractivity contribution in [2.75, 3.05) is 13.2 Å². The fraction of sp³-hybridized carbons (Fsp3) is 0.732. The van der Waals surface area contributed by atoms with Crippen molar-refractivity contribution in [1.82, 2.24) is 0 Å². The normalized spacial score (nSPS) is 12.7. The second-order valence-corrected chi connectivity index (χ2v) is 21.6. The van der Waals surface area contributed by atoms with E-state index in [0.717, 1.165) is 103 Å². The van der Waals surface area contributed by atoms with Crippen LogP contribution in [0.2, 0.25) is 0 Å². The summed E-state index contributed by atoms with van der Waals surface area (Å²) in [6.07, 6.45) is 87.2. The Hall–Kier alpha value is -3.67. The van der Waals surface area contributed by atoms with Gasteiger partial charge in [0, 0.05) is 19.3 Å². The molecule has 0 N–H and O–H groups in total. The van der Waals surface area contributed by atoms with Gasteiger partial charge in [-0.15, -0.1) is 0 Å². The molecule has 0 radical (unpaired) electrons. The summed E-state index contributed by atoms with van der Waals surface area (Å²) in [6.45, 7) is 6.47. The van der Waals surface area contributed by atoms with Crippen molar-refractivity contribution in [2.45, 2.75) is 322 Å². The number of ether oxygens (including phenoxy) is 3. The SMILES string of the molecule is CC/C=C\C/C=C\C/C=C\C/C=C\C/C=C\C/C=C\CCC(=O)OC(COC(=O)CCCCCCC/C=C\C/C=C\CCCCCC)COC(=O)CCCCCCCCCCCCCCCCCCCCCCCCCC. The minimum absolute atomic E-state index is 0.110. The van der Waals surface area contributed by atoms with Crippen LogP contribution in [-0.4, -0.2) is 37.2 Å². The van der Waals surface area contributed by atoms with E-state index in [-0.39, 0.29) is 31.6 Å². The standard InChI is InChI=1S/C71H122O6/c1-4-7-10-13-16-19-22-25-28-31-33-34-35-36-37-39-40-43-46-49-52-55-58-61-64-70(73)76-67-68(66-75-69(72)63-60-57-54-51-48-45-42-30-27-24-21-18-15-12-9-6-3)77-71(74)65-62-59-56-53-50-47-44-41-38-32-29-26-23-20-17-14-11-8-5-2/h8,11,17,20-21,24,26,29-30,38,41-42,47,50,56,59,68H,4-7,9-10,12-16,18-19,22-23,25,27-28,31-37,39-40,43-46,48-49,51-55,57-58,60-67H2,1-3H3/b11-8-,20-17-,24-21-,29-26-,41-38-,42-30-,50-47-,59-56-. The van der Waals surface area contributed by atoms with Gasteiger partial charge in [0.15, 0.2) is 6.10 Å². The Bertz CT molecular complexity index is 1510. The molecule has 1 unspecified atom stereocenters. The Labute approximate surface area is 477 Å². The molecular formula is C71H122O6. The lowest BCUT2D eigenvalue weighted by molar-refractivity contribution is -0.166. The third kappa shape index (κ3) is 63.0. The molecule has 77 heavy (non-hydrogen) atoms. The Kier molecular flexibility index (Phi) is 61.8. The average Bonchev–Trinajstić information content (AvgIpc) is 3.43. The lowest BCUT2D eigenvalue weighted by Gasteiger charge is -2.18. The quantitative estimate of drug-likeness (QED) is 0.0261. The van der Waals surface area contributed by atoms with Gasteiger partial charge in [-0.3, -0.25) is 14.4 Å². The third-order valence-electron chi connectivity index (χ3n) is 14.1. The zero-order valence-electron chi connectivity index (χ0n) is 50.7. The summed E-state index contributed by atoms with van der Waals surface area (Å²) in [5.41, 5.74) is 0. The number of carbonyl (C=O) groups is 3. The van der Waals surface area contributed by atoms with E-state index < -0.39 is 12.1 Å². The number of unbranched alkanes of at least 4 members (excludes halogenated alkanes) is 32. The first-order chi connectivity index (χ1) is 38.0. The first-order valence-corrected chi connectivity index (χ1v) is 32.7. The molecule has 442 valence electrons. The summed E-state index contributed by atoms with van der Waals surface area (Å²) in [5.74, 6) is -0.998. The number of allylic oxidation sites excluding steroid dienone is 16. The average molecular weight is 1070 g/mol. The summed E-state index contributed by atoms with van der Waals surface area (Å²) in [6, 6.07) is 0. The van der Waals surface area contributed by atoms with Gasteiger partial charge in [-0.2, -0.15) is 0 Å². The number of esters is 3. The van der Waals surface area contributed by atoms with Crippen LogP contribution < -0.4 is 0 Å². The van der Waals surface area contributed by atoms with Crippen LogP contribution in [0.25, 0.3) is 0 Å². The van der Waals surface area contributed by atoms with Crippen LogP contribution in [-0.2, 0) is 28.6 Å². The predicted octanol–water partition coefficient (Wildman–Crippen LogP) is 22.4. The molecule has 0 aromatic heterocycles. The molecule has 6 nitrogen and oxygen atoms in total. The molecular weight excluding hydrogens is 949 g/mol. The number of carbonyl (C=O) groups excluding carboxylic acids is 3. The minimum Gasteiger partial charge on any atom is -0.462 e. The third-order valence-corrected chi connectivity index (χ3v) is 14.1. The maximum atomic E-state index is 12.9. The molecule has 0 aliphatic carbocycles. The van der Waals surface area contributed by atoms with Crippen molar-refractivity contribution in [1.29, 1.82) is 0 Å². The molecule has 6 heteroatoms. The lowest BCUT2D eigenvalue weighted by atomic mass is 10.0. The van der Waals surface area contributed by atoms with Crippen LogP contribution in [0.4, 0.5) is 0 Å². The highest BCUT2D eigenvalue weighted by atomic mass is 16.6. The molecule has 0 heterocycles. The Balaban J connectivity index is 4.42. The molecule has 0 aliphatic heterocycles. The van der Waals surface area contributed by atoms with E-state index in [9.17, 15) is 14.4 Å². The highest BCUT2D eigenvalue weighted by Crippen LogP contribution is 2.17. The molecule has 0 saturated carbocycles. The van der Waals surface area contributed by atoms with E-state index in [1.165, 1.54) is 167 Å². The van der Waals surface area contributed by atoms with E-state index >= 15 is 0 Å². The fourth-order valence-electron chi connectivity index (χ4n) is 9.21. The van der Waals surface area contributed by atoms with Crippen molar-refractivity contribution in [3.05, 3.63) is 97.2 Å². The van der Waals surface area contributed by atoms with Gasteiger partial charge < -0.3 is 14.2 Å². The van der Waals surface area contributed by atoms with Crippen LogP contribution in [0.5, 0.6) is 0 Å². The largest absolute Gasteiger partial charge is 0.462 e. The van der Waals surface area contributed by atoms with E-state index in [2.05, 4.69) is 112 Å². The summed E-state index contributed by atoms with van der Waals surface area (Å²) < 4.78 is 16.9. The number of hydrogen-bond donors (Lipinski definition) is 0. The van der Waals surface area contributed by atoms with Crippen LogP contribution in [0.1, 0.15) is 316 Å². The molecule has 0 rings (SSSR count). The molecule has 1 atom stereocenters. The van der Waals surface area contributed by atoms with E-state index in [1.54, 1.807) is 0 Å². The lowest BCUT2D eigenvalue weighted by Crippen LogP contribution is -2.30. The van der Waals surface area contributed by atoms with Crippen molar-refractivity contribution in [3.63, 3.8) is 0 Å². The first-order valence-electron chi connectivity index (χ1n) is 32.7. The van der Waals surface area contributed by atoms with Crippen molar-refractivity contribution in [2.24, 2.45) is 0 Å². The van der Waals surface area contributed by atoms with Crippen molar-refractivity contribution in [3.8, 4) is 0 Å². The predicted molar refractivity (Wildman–Crippen MR) is 334 cm³/mol. The van der Waals surface area contributed by atoms with Gasteiger partial charge in [0.25, 0.3) is 0 Å². The van der Waals surface area contributed by atoms with Gasteiger partial charge in [0.05, 0.1) is 0 Å². The molecule has 0 amide bonds. The fourth-order valence-corrected chi connectivity index (χ4v) is 9.21. The Morgan fingerprint density at radius 3 is 0.857 bits per heavy atom. The van der Waals surface area contributed by atoms with Gasteiger partial charge in [0.1, 0.15) is 13.2 Å². The van der Waals surface area contributed by atoms with E-state index in [4.69, 9.17) is 14.2 Å². The molecule has 0 bridgehead atoms. The van der Waals surface area contributed by atoms with Crippen molar-refractivity contribution < 1.29 is 28.6 Å². The summed E-state index contributed by atoms with van der Waals surface area (Å²) in [4.78, 5) is 38.3. The van der Waals surface area contributed by atoms with E-state index in [0.29, 0.717) is 19.3 Å². The highest BCUT2D eigenvalue weighted by molar-refractivity contribution is 5.71. The molecule has 0 saturated heterocycles. The molecule has 0 aromatic carbocycles. The molecule has 0 spiro atoms. The Morgan fingerprint density at radius 2 is 0.532 bits per heavy atom. The minimum atomic E-state index is -0.825. The van der Waals surface area contributed by atoms with Crippen LogP contribution in [0.3, 0.4) is 0 Å². The smallest absolute Gasteiger partial charge is 0.306 e. The highest BCUT2D eigenvalue weighted by Gasteiger charge is 2.19.